The molecular formula is C20H27N3O. The molecule has 1 aromatic carbocycles. The predicted octanol–water partition coefficient (Wildman–Crippen LogP) is 2.81. The summed E-state index contributed by atoms with van der Waals surface area (Å²) in [5, 5.41) is 10.4. The van der Waals surface area contributed by atoms with Gasteiger partial charge in [0.2, 0.25) is 0 Å². The van der Waals surface area contributed by atoms with Crippen LogP contribution in [0.4, 0.5) is 0 Å². The van der Waals surface area contributed by atoms with Gasteiger partial charge in [-0.2, -0.15) is 0 Å². The summed E-state index contributed by atoms with van der Waals surface area (Å²) < 4.78 is 0. The van der Waals surface area contributed by atoms with Gasteiger partial charge in [-0.15, -0.1) is 0 Å². The highest BCUT2D eigenvalue weighted by Crippen LogP contribution is 2.25. The largest absolute Gasteiger partial charge is 0.391 e. The normalized spacial score (nSPS) is 22.0. The van der Waals surface area contributed by atoms with E-state index in [1.165, 1.54) is 11.1 Å². The van der Waals surface area contributed by atoms with Crippen LogP contribution in [0.2, 0.25) is 0 Å². The van der Waals surface area contributed by atoms with Crippen LogP contribution in [0.1, 0.15) is 37.6 Å². The van der Waals surface area contributed by atoms with Crippen molar-refractivity contribution in [2.24, 2.45) is 5.92 Å². The van der Waals surface area contributed by atoms with E-state index in [4.69, 9.17) is 0 Å². The Morgan fingerprint density at radius 1 is 1.12 bits per heavy atom. The third kappa shape index (κ3) is 4.19. The molecular weight excluding hydrogens is 298 g/mol. The summed E-state index contributed by atoms with van der Waals surface area (Å²) in [6, 6.07) is 8.86. The van der Waals surface area contributed by atoms with Gasteiger partial charge >= 0.3 is 0 Å². The van der Waals surface area contributed by atoms with Gasteiger partial charge in [0, 0.05) is 44.1 Å². The average Bonchev–Trinajstić information content (AvgIpc) is 2.87. The molecule has 0 aliphatic carbocycles. The molecule has 24 heavy (non-hydrogen) atoms. The first-order chi connectivity index (χ1) is 11.4. The van der Waals surface area contributed by atoms with E-state index in [9.17, 15) is 5.11 Å². The lowest BCUT2D eigenvalue weighted by molar-refractivity contribution is 0.140. The van der Waals surface area contributed by atoms with Crippen molar-refractivity contribution in [3.63, 3.8) is 0 Å². The Kier molecular flexibility index (Phi) is 4.97. The Hall–Kier alpha value is -1.78. The van der Waals surface area contributed by atoms with Gasteiger partial charge in [-0.1, -0.05) is 45.0 Å². The number of nitrogens with zero attached hydrogens (tertiary/aromatic N) is 3. The van der Waals surface area contributed by atoms with Crippen molar-refractivity contribution in [3.05, 3.63) is 59.7 Å². The van der Waals surface area contributed by atoms with Crippen LogP contribution in [0, 0.1) is 5.92 Å². The number of hydrogen-bond donors (Lipinski definition) is 1. The van der Waals surface area contributed by atoms with Crippen molar-refractivity contribution < 1.29 is 5.11 Å². The topological polar surface area (TPSA) is 49.2 Å². The van der Waals surface area contributed by atoms with E-state index >= 15 is 0 Å². The van der Waals surface area contributed by atoms with E-state index in [2.05, 4.69) is 59.9 Å². The van der Waals surface area contributed by atoms with E-state index in [0.29, 0.717) is 0 Å². The first-order valence-electron chi connectivity index (χ1n) is 8.66. The molecule has 0 radical (unpaired) electrons. The van der Waals surface area contributed by atoms with Crippen LogP contribution in [-0.4, -0.2) is 39.2 Å². The monoisotopic (exact) mass is 325 g/mol. The summed E-state index contributed by atoms with van der Waals surface area (Å²) in [5.74, 6) is 0.232. The van der Waals surface area contributed by atoms with E-state index in [0.717, 1.165) is 31.7 Å². The fraction of sp³-hybridized carbons (Fsp3) is 0.500. The Morgan fingerprint density at radius 3 is 2.50 bits per heavy atom. The van der Waals surface area contributed by atoms with E-state index in [1.54, 1.807) is 18.6 Å². The van der Waals surface area contributed by atoms with E-state index in [-0.39, 0.29) is 17.4 Å². The van der Waals surface area contributed by atoms with Crippen molar-refractivity contribution in [3.8, 4) is 0 Å². The molecule has 1 aliphatic rings. The summed E-state index contributed by atoms with van der Waals surface area (Å²) in [6.45, 7) is 9.21. The van der Waals surface area contributed by atoms with Crippen molar-refractivity contribution >= 4 is 0 Å². The average molecular weight is 325 g/mol. The van der Waals surface area contributed by atoms with Crippen LogP contribution < -0.4 is 0 Å². The van der Waals surface area contributed by atoms with Crippen LogP contribution in [-0.2, 0) is 18.4 Å². The molecule has 4 heteroatoms. The first-order valence-corrected chi connectivity index (χ1v) is 8.66. The molecule has 1 saturated heterocycles. The number of aliphatic hydroxyl groups excluding tert-OH is 1. The van der Waals surface area contributed by atoms with Crippen LogP contribution in [0.15, 0.2) is 42.9 Å². The molecule has 4 nitrogen and oxygen atoms in total. The molecule has 1 aromatic heterocycles. The third-order valence-electron chi connectivity index (χ3n) is 4.80. The van der Waals surface area contributed by atoms with Gasteiger partial charge in [-0.05, 0) is 23.0 Å². The molecule has 1 fully saturated rings. The summed E-state index contributed by atoms with van der Waals surface area (Å²) >= 11 is 0. The quantitative estimate of drug-likeness (QED) is 0.939. The van der Waals surface area contributed by atoms with Crippen LogP contribution >= 0.6 is 0 Å². The standard InChI is InChI=1S/C20H27N3O/c1-20(2,3)17-6-4-15(5-7-17)12-23-13-16(19(24)14-23)10-18-11-21-8-9-22-18/h4-9,11,16,19,24H,10,12-14H2,1-3H3/t16-,19-/m1/s1. The number of aromatic nitrogens is 2. The van der Waals surface area contributed by atoms with Crippen molar-refractivity contribution in [2.75, 3.05) is 13.1 Å². The van der Waals surface area contributed by atoms with Crippen LogP contribution in [0.25, 0.3) is 0 Å². The summed E-state index contributed by atoms with van der Waals surface area (Å²) in [4.78, 5) is 10.8. The van der Waals surface area contributed by atoms with Gasteiger partial charge in [0.15, 0.2) is 0 Å². The summed E-state index contributed by atoms with van der Waals surface area (Å²) in [6.07, 6.45) is 5.68. The predicted molar refractivity (Wildman–Crippen MR) is 95.7 cm³/mol. The highest BCUT2D eigenvalue weighted by atomic mass is 16.3. The Balaban J connectivity index is 1.59. The molecule has 2 atom stereocenters. The lowest BCUT2D eigenvalue weighted by atomic mass is 9.87. The second kappa shape index (κ2) is 6.99. The van der Waals surface area contributed by atoms with Crippen molar-refractivity contribution in [1.82, 2.24) is 14.9 Å². The minimum atomic E-state index is -0.291. The number of hydrogen-bond acceptors (Lipinski definition) is 4. The maximum Gasteiger partial charge on any atom is 0.0711 e. The highest BCUT2D eigenvalue weighted by molar-refractivity contribution is 5.27. The number of β-amino-alcohol motifs (C(OH)–C–C–N with tert-alkyl or cyclic N) is 1. The van der Waals surface area contributed by atoms with Crippen LogP contribution in [0.5, 0.6) is 0 Å². The molecule has 2 aromatic rings. The van der Waals surface area contributed by atoms with Gasteiger partial charge in [0.1, 0.15) is 0 Å². The summed E-state index contributed by atoms with van der Waals surface area (Å²) in [5.41, 5.74) is 3.80. The maximum absolute atomic E-state index is 10.4. The number of aliphatic hydroxyl groups is 1. The minimum absolute atomic E-state index is 0.185. The smallest absolute Gasteiger partial charge is 0.0711 e. The Morgan fingerprint density at radius 2 is 1.88 bits per heavy atom. The zero-order valence-corrected chi connectivity index (χ0v) is 14.8. The summed E-state index contributed by atoms with van der Waals surface area (Å²) in [7, 11) is 0. The molecule has 128 valence electrons. The zero-order chi connectivity index (χ0) is 17.2. The van der Waals surface area contributed by atoms with E-state index < -0.39 is 0 Å². The minimum Gasteiger partial charge on any atom is -0.391 e. The number of rotatable bonds is 4. The molecule has 0 bridgehead atoms. The highest BCUT2D eigenvalue weighted by Gasteiger charge is 2.31. The molecule has 1 aliphatic heterocycles. The zero-order valence-electron chi connectivity index (χ0n) is 14.8. The Bertz CT molecular complexity index is 649. The van der Waals surface area contributed by atoms with Gasteiger partial charge in [-0.3, -0.25) is 14.9 Å². The lowest BCUT2D eigenvalue weighted by Crippen LogP contribution is -2.21. The maximum atomic E-state index is 10.4. The Labute approximate surface area is 144 Å². The third-order valence-corrected chi connectivity index (χ3v) is 4.80. The fourth-order valence-corrected chi connectivity index (χ4v) is 3.34. The first kappa shape index (κ1) is 17.1. The molecule has 0 amide bonds. The SMILES string of the molecule is CC(C)(C)c1ccc(CN2C[C@@H](Cc3cnccn3)[C@H](O)C2)cc1. The number of benzene rings is 1. The lowest BCUT2D eigenvalue weighted by Gasteiger charge is -2.20. The fourth-order valence-electron chi connectivity index (χ4n) is 3.34. The van der Waals surface area contributed by atoms with Gasteiger partial charge in [0.05, 0.1) is 11.8 Å². The molecule has 0 spiro atoms. The molecule has 0 unspecified atom stereocenters. The van der Waals surface area contributed by atoms with Gasteiger partial charge in [-0.25, -0.2) is 0 Å². The van der Waals surface area contributed by atoms with E-state index in [1.807, 2.05) is 0 Å². The molecule has 3 rings (SSSR count). The molecule has 2 heterocycles. The van der Waals surface area contributed by atoms with Gasteiger partial charge < -0.3 is 5.11 Å². The van der Waals surface area contributed by atoms with Crippen molar-refractivity contribution in [1.29, 1.82) is 0 Å². The number of likely N-dealkylation sites (tertiary alicyclic amines) is 1. The second-order valence-corrected chi connectivity index (χ2v) is 7.87. The van der Waals surface area contributed by atoms with Gasteiger partial charge in [0.25, 0.3) is 0 Å². The van der Waals surface area contributed by atoms with Crippen molar-refractivity contribution in [2.45, 2.75) is 45.3 Å². The molecule has 0 saturated carbocycles. The second-order valence-electron chi connectivity index (χ2n) is 7.87. The molecule has 1 N–H and O–H groups in total. The van der Waals surface area contributed by atoms with Crippen LogP contribution in [0.3, 0.4) is 0 Å².